The zero-order valence-corrected chi connectivity index (χ0v) is 18.5. The van der Waals surface area contributed by atoms with Gasteiger partial charge in [0.25, 0.3) is 10.0 Å². The maximum atomic E-state index is 13.1. The molecule has 1 atom stereocenters. The minimum absolute atomic E-state index is 0.0988. The highest BCUT2D eigenvalue weighted by atomic mass is 32.2. The molecule has 3 aromatic rings. The highest BCUT2D eigenvalue weighted by Crippen LogP contribution is 2.31. The van der Waals surface area contributed by atoms with Gasteiger partial charge < -0.3 is 10.1 Å². The lowest BCUT2D eigenvalue weighted by atomic mass is 10.2. The molecule has 162 valence electrons. The van der Waals surface area contributed by atoms with Crippen LogP contribution in [0.1, 0.15) is 6.92 Å². The van der Waals surface area contributed by atoms with Crippen molar-refractivity contribution in [3.05, 3.63) is 78.6 Å². The Morgan fingerprint density at radius 2 is 1.71 bits per heavy atom. The average Bonchev–Trinajstić information content (AvgIpc) is 2.74. The number of thioether (sulfide) groups is 1. The normalized spacial score (nSPS) is 12.1. The number of nitrogens with one attached hydrogen (secondary N) is 2. The van der Waals surface area contributed by atoms with Gasteiger partial charge in [-0.05, 0) is 61.5 Å². The van der Waals surface area contributed by atoms with Crippen LogP contribution in [-0.4, -0.2) is 26.7 Å². The van der Waals surface area contributed by atoms with Crippen LogP contribution in [0.5, 0.6) is 5.75 Å². The Bertz CT molecular complexity index is 1150. The third-order valence-electron chi connectivity index (χ3n) is 4.26. The van der Waals surface area contributed by atoms with E-state index in [2.05, 4.69) is 10.0 Å². The SMILES string of the molecule is COc1ccc(NC(=O)[C@@H](C)Sc2ccccc2)cc1NS(=O)(=O)c1ccc(F)cc1. The Balaban J connectivity index is 1.77. The van der Waals surface area contributed by atoms with Gasteiger partial charge >= 0.3 is 0 Å². The molecule has 0 aliphatic heterocycles. The zero-order chi connectivity index (χ0) is 22.4. The molecule has 3 rings (SSSR count). The van der Waals surface area contributed by atoms with Gasteiger partial charge in [0.2, 0.25) is 5.91 Å². The summed E-state index contributed by atoms with van der Waals surface area (Å²) in [5.74, 6) is -0.495. The number of ether oxygens (including phenoxy) is 1. The number of carbonyl (C=O) groups excluding carboxylic acids is 1. The predicted octanol–water partition coefficient (Wildman–Crippen LogP) is 4.75. The van der Waals surface area contributed by atoms with Gasteiger partial charge in [-0.3, -0.25) is 9.52 Å². The highest BCUT2D eigenvalue weighted by Gasteiger charge is 2.19. The van der Waals surface area contributed by atoms with Crippen LogP contribution in [0.15, 0.2) is 82.6 Å². The van der Waals surface area contributed by atoms with E-state index in [0.29, 0.717) is 5.69 Å². The minimum Gasteiger partial charge on any atom is -0.495 e. The van der Waals surface area contributed by atoms with Gasteiger partial charge in [0.15, 0.2) is 0 Å². The van der Waals surface area contributed by atoms with Crippen molar-refractivity contribution < 1.29 is 22.3 Å². The summed E-state index contributed by atoms with van der Waals surface area (Å²) in [7, 11) is -2.57. The van der Waals surface area contributed by atoms with Crippen LogP contribution in [0.3, 0.4) is 0 Å². The van der Waals surface area contributed by atoms with Crippen molar-refractivity contribution in [1.29, 1.82) is 0 Å². The topological polar surface area (TPSA) is 84.5 Å². The van der Waals surface area contributed by atoms with E-state index in [1.807, 2.05) is 30.3 Å². The van der Waals surface area contributed by atoms with Crippen molar-refractivity contribution in [2.24, 2.45) is 0 Å². The van der Waals surface area contributed by atoms with Crippen LogP contribution in [0, 0.1) is 5.82 Å². The molecule has 0 aromatic heterocycles. The van der Waals surface area contributed by atoms with Crippen molar-refractivity contribution in [3.63, 3.8) is 0 Å². The number of hydrogen-bond acceptors (Lipinski definition) is 5. The molecule has 9 heteroatoms. The number of sulfonamides is 1. The van der Waals surface area contributed by atoms with Crippen LogP contribution in [-0.2, 0) is 14.8 Å². The highest BCUT2D eigenvalue weighted by molar-refractivity contribution is 8.00. The summed E-state index contributed by atoms with van der Waals surface area (Å²) >= 11 is 1.41. The van der Waals surface area contributed by atoms with E-state index in [4.69, 9.17) is 4.74 Å². The van der Waals surface area contributed by atoms with E-state index in [1.54, 1.807) is 19.1 Å². The maximum absolute atomic E-state index is 13.1. The van der Waals surface area contributed by atoms with Gasteiger partial charge in [-0.15, -0.1) is 11.8 Å². The quantitative estimate of drug-likeness (QED) is 0.474. The van der Waals surface area contributed by atoms with E-state index in [9.17, 15) is 17.6 Å². The molecular formula is C22H21FN2O4S2. The molecule has 1 amide bonds. The molecule has 0 bridgehead atoms. The molecule has 0 radical (unpaired) electrons. The van der Waals surface area contributed by atoms with Crippen molar-refractivity contribution in [3.8, 4) is 5.75 Å². The standard InChI is InChI=1S/C22H21FN2O4S2/c1-15(30-18-6-4-3-5-7-18)22(26)24-17-10-13-21(29-2)20(14-17)25-31(27,28)19-11-8-16(23)9-12-19/h3-15,25H,1-2H3,(H,24,26)/t15-/m1/s1. The molecule has 31 heavy (non-hydrogen) atoms. The first-order valence-corrected chi connectivity index (χ1v) is 11.6. The minimum atomic E-state index is -3.98. The molecule has 0 aliphatic rings. The molecule has 0 unspecified atom stereocenters. The third-order valence-corrected chi connectivity index (χ3v) is 6.75. The average molecular weight is 461 g/mol. The Morgan fingerprint density at radius 3 is 2.35 bits per heavy atom. The van der Waals surface area contributed by atoms with Gasteiger partial charge in [-0.25, -0.2) is 12.8 Å². The molecule has 0 saturated heterocycles. The molecule has 0 spiro atoms. The van der Waals surface area contributed by atoms with Crippen molar-refractivity contribution in [2.45, 2.75) is 22.0 Å². The fraction of sp³-hybridized carbons (Fsp3) is 0.136. The molecule has 2 N–H and O–H groups in total. The number of benzene rings is 3. The van der Waals surface area contributed by atoms with E-state index in [-0.39, 0.29) is 27.5 Å². The maximum Gasteiger partial charge on any atom is 0.262 e. The van der Waals surface area contributed by atoms with E-state index < -0.39 is 15.8 Å². The van der Waals surface area contributed by atoms with Gasteiger partial charge in [-0.1, -0.05) is 18.2 Å². The Labute approximate surface area is 184 Å². The van der Waals surface area contributed by atoms with Crippen molar-refractivity contribution in [2.75, 3.05) is 17.1 Å². The Kier molecular flexibility index (Phi) is 7.19. The van der Waals surface area contributed by atoms with Crippen LogP contribution >= 0.6 is 11.8 Å². The Morgan fingerprint density at radius 1 is 1.03 bits per heavy atom. The molecule has 3 aromatic carbocycles. The predicted molar refractivity (Wildman–Crippen MR) is 121 cm³/mol. The first kappa shape index (κ1) is 22.6. The van der Waals surface area contributed by atoms with E-state index in [1.165, 1.54) is 24.9 Å². The smallest absolute Gasteiger partial charge is 0.262 e. The number of halogens is 1. The van der Waals surface area contributed by atoms with Crippen LogP contribution in [0.2, 0.25) is 0 Å². The number of methoxy groups -OCH3 is 1. The second-order valence-corrected chi connectivity index (χ2v) is 9.63. The number of anilines is 2. The summed E-state index contributed by atoms with van der Waals surface area (Å²) in [6.45, 7) is 1.79. The van der Waals surface area contributed by atoms with Crippen LogP contribution < -0.4 is 14.8 Å². The number of amides is 1. The first-order chi connectivity index (χ1) is 14.8. The number of hydrogen-bond donors (Lipinski definition) is 2. The van der Waals surface area contributed by atoms with Crippen LogP contribution in [0.25, 0.3) is 0 Å². The van der Waals surface area contributed by atoms with E-state index >= 15 is 0 Å². The second kappa shape index (κ2) is 9.84. The van der Waals surface area contributed by atoms with Gasteiger partial charge in [-0.2, -0.15) is 0 Å². The monoisotopic (exact) mass is 460 g/mol. The molecule has 0 heterocycles. The lowest BCUT2D eigenvalue weighted by molar-refractivity contribution is -0.115. The number of rotatable bonds is 8. The Hall–Kier alpha value is -3.04. The third kappa shape index (κ3) is 5.99. The molecule has 6 nitrogen and oxygen atoms in total. The molecular weight excluding hydrogens is 439 g/mol. The zero-order valence-electron chi connectivity index (χ0n) is 16.8. The second-order valence-electron chi connectivity index (χ2n) is 6.54. The van der Waals surface area contributed by atoms with Crippen molar-refractivity contribution >= 4 is 39.1 Å². The summed E-state index contributed by atoms with van der Waals surface area (Å²) < 4.78 is 46.1. The van der Waals surface area contributed by atoms with E-state index in [0.717, 1.165) is 29.2 Å². The molecule has 0 fully saturated rings. The summed E-state index contributed by atoms with van der Waals surface area (Å²) in [6.07, 6.45) is 0. The largest absolute Gasteiger partial charge is 0.495 e. The fourth-order valence-electron chi connectivity index (χ4n) is 2.68. The first-order valence-electron chi connectivity index (χ1n) is 9.27. The van der Waals surface area contributed by atoms with Crippen molar-refractivity contribution in [1.82, 2.24) is 0 Å². The molecule has 0 aliphatic carbocycles. The lowest BCUT2D eigenvalue weighted by Gasteiger charge is -2.15. The lowest BCUT2D eigenvalue weighted by Crippen LogP contribution is -2.22. The fourth-order valence-corrected chi connectivity index (χ4v) is 4.63. The van der Waals surface area contributed by atoms with Gasteiger partial charge in [0, 0.05) is 10.6 Å². The number of carbonyl (C=O) groups is 1. The summed E-state index contributed by atoms with van der Waals surface area (Å²) in [4.78, 5) is 13.5. The van der Waals surface area contributed by atoms with Crippen LogP contribution in [0.4, 0.5) is 15.8 Å². The van der Waals surface area contributed by atoms with Gasteiger partial charge in [0.05, 0.1) is 22.9 Å². The summed E-state index contributed by atoms with van der Waals surface area (Å²) in [6, 6.07) is 18.6. The van der Waals surface area contributed by atoms with Gasteiger partial charge in [0.1, 0.15) is 11.6 Å². The summed E-state index contributed by atoms with van der Waals surface area (Å²) in [5.41, 5.74) is 0.552. The summed E-state index contributed by atoms with van der Waals surface area (Å²) in [5, 5.41) is 2.42. The molecule has 0 saturated carbocycles.